The second-order valence-corrected chi connectivity index (χ2v) is 24.1. The number of benzene rings is 10. The second kappa shape index (κ2) is 19.8. The summed E-state index contributed by atoms with van der Waals surface area (Å²) < 4.78 is 4.73. The van der Waals surface area contributed by atoms with Crippen molar-refractivity contribution < 1.29 is 0 Å². The van der Waals surface area contributed by atoms with Crippen LogP contribution in [0.25, 0.3) is 55.0 Å². The molecule has 79 heavy (non-hydrogen) atoms. The lowest BCUT2D eigenvalue weighted by Crippen LogP contribution is -2.76. The van der Waals surface area contributed by atoms with Crippen molar-refractivity contribution in [3.63, 3.8) is 0 Å². The average molecular weight is 1030 g/mol. The molecule has 0 saturated carbocycles. The fourth-order valence-corrected chi connectivity index (χ4v) is 16.3. The van der Waals surface area contributed by atoms with Crippen molar-refractivity contribution >= 4 is 107 Å². The molecule has 14 aromatic rings. The zero-order valence-electron chi connectivity index (χ0n) is 43.9. The largest absolute Gasteiger partial charge is 0.309 e. The van der Waals surface area contributed by atoms with Gasteiger partial charge in [-0.2, -0.15) is 0 Å². The molecule has 0 atom stereocenters. The molecular formula is C72H54N6Si. The molecular weight excluding hydrogens is 977 g/mol. The van der Waals surface area contributed by atoms with Crippen LogP contribution in [0.4, 0.5) is 34.1 Å². The smallest absolute Gasteiger partial charge is 0.223 e. The Bertz CT molecular complexity index is 4170. The van der Waals surface area contributed by atoms with Gasteiger partial charge in [0.05, 0.1) is 45.8 Å². The molecule has 10 aromatic carbocycles. The van der Waals surface area contributed by atoms with Crippen LogP contribution in [0, 0.1) is 13.8 Å². The highest BCUT2D eigenvalue weighted by atomic mass is 28.3. The highest BCUT2D eigenvalue weighted by molar-refractivity contribution is 7.19. The maximum atomic E-state index is 5.63. The van der Waals surface area contributed by atoms with Gasteiger partial charge in [0.2, 0.25) is 8.07 Å². The van der Waals surface area contributed by atoms with Gasteiger partial charge in [-0.05, 0) is 146 Å². The van der Waals surface area contributed by atoms with Gasteiger partial charge in [-0.25, -0.2) is 0 Å². The Morgan fingerprint density at radius 3 is 1.00 bits per heavy atom. The number of nitrogens with zero attached hydrogens (tertiary/aromatic N) is 6. The Hall–Kier alpha value is -10.1. The summed E-state index contributed by atoms with van der Waals surface area (Å²) in [6, 6.07) is 101. The monoisotopic (exact) mass is 1030 g/mol. The first-order chi connectivity index (χ1) is 39.0. The SMILES string of the molecule is Cc1ccc(N(c2ccc([Si](c3ccccc3)(c3ccccc3)c3ccc(N(c4ccc(C)cc4)c4ccc5c(c4)c4ccccc4n5-c4ccccc4)cn3)nc2)c2ccc3c(c2)c2ccccc2n3-c2ccccc2)cc1. The van der Waals surface area contributed by atoms with Crippen LogP contribution >= 0.6 is 0 Å². The molecule has 7 heteroatoms. The molecule has 0 fully saturated rings. The van der Waals surface area contributed by atoms with Crippen molar-refractivity contribution in [2.75, 3.05) is 9.80 Å². The van der Waals surface area contributed by atoms with Crippen molar-refractivity contribution in [1.82, 2.24) is 19.1 Å². The van der Waals surface area contributed by atoms with Gasteiger partial charge in [0.1, 0.15) is 0 Å². The lowest BCUT2D eigenvalue weighted by Gasteiger charge is -2.33. The summed E-state index contributed by atoms with van der Waals surface area (Å²) in [4.78, 5) is 15.9. The van der Waals surface area contributed by atoms with Crippen LogP contribution in [0.3, 0.4) is 0 Å². The zero-order chi connectivity index (χ0) is 52.9. The molecule has 14 rings (SSSR count). The molecule has 0 radical (unpaired) electrons. The number of para-hydroxylation sites is 4. The number of aryl methyl sites for hydroxylation is 2. The van der Waals surface area contributed by atoms with Gasteiger partial charge in [0.15, 0.2) is 0 Å². The lowest BCUT2D eigenvalue weighted by atomic mass is 10.1. The molecule has 0 aliphatic carbocycles. The van der Waals surface area contributed by atoms with E-state index in [9.17, 15) is 0 Å². The normalized spacial score (nSPS) is 11.7. The minimum Gasteiger partial charge on any atom is -0.309 e. The number of anilines is 6. The van der Waals surface area contributed by atoms with Crippen LogP contribution in [0.15, 0.2) is 291 Å². The average Bonchev–Trinajstić information content (AvgIpc) is 4.28. The molecule has 0 amide bonds. The highest BCUT2D eigenvalue weighted by Gasteiger charge is 2.44. The number of rotatable bonds is 12. The molecule has 0 saturated heterocycles. The summed E-state index contributed by atoms with van der Waals surface area (Å²) in [5, 5.41) is 9.17. The van der Waals surface area contributed by atoms with Crippen molar-refractivity contribution in [3.05, 3.63) is 303 Å². The van der Waals surface area contributed by atoms with Gasteiger partial charge in [0.25, 0.3) is 0 Å². The Balaban J connectivity index is 0.914. The Morgan fingerprint density at radius 1 is 0.291 bits per heavy atom. The highest BCUT2D eigenvalue weighted by Crippen LogP contribution is 2.42. The number of fused-ring (bicyclic) bond motifs is 6. The van der Waals surface area contributed by atoms with Crippen LogP contribution in [-0.4, -0.2) is 27.2 Å². The molecule has 6 nitrogen and oxygen atoms in total. The van der Waals surface area contributed by atoms with Gasteiger partial charge in [-0.1, -0.05) is 169 Å². The van der Waals surface area contributed by atoms with E-state index >= 15 is 0 Å². The fourth-order valence-electron chi connectivity index (χ4n) is 11.9. The third-order valence-electron chi connectivity index (χ3n) is 15.6. The van der Waals surface area contributed by atoms with Crippen molar-refractivity contribution in [2.24, 2.45) is 0 Å². The molecule has 0 bridgehead atoms. The number of hydrogen-bond donors (Lipinski definition) is 0. The van der Waals surface area contributed by atoms with E-state index in [1.807, 2.05) is 0 Å². The first-order valence-electron chi connectivity index (χ1n) is 27.0. The van der Waals surface area contributed by atoms with Gasteiger partial charge in [-0.3, -0.25) is 9.97 Å². The first-order valence-corrected chi connectivity index (χ1v) is 29.0. The third-order valence-corrected chi connectivity index (χ3v) is 20.2. The molecule has 0 aliphatic heterocycles. The molecule has 4 heterocycles. The summed E-state index contributed by atoms with van der Waals surface area (Å²) in [5.41, 5.74) is 15.5. The third kappa shape index (κ3) is 8.18. The van der Waals surface area contributed by atoms with Crippen molar-refractivity contribution in [1.29, 1.82) is 0 Å². The Morgan fingerprint density at radius 2 is 0.620 bits per heavy atom. The Labute approximate surface area is 461 Å². The molecule has 0 spiro atoms. The van der Waals surface area contributed by atoms with E-state index in [0.29, 0.717) is 0 Å². The molecule has 0 N–H and O–H groups in total. The van der Waals surface area contributed by atoms with Gasteiger partial charge in [0, 0.05) is 66.3 Å². The summed E-state index contributed by atoms with van der Waals surface area (Å²) >= 11 is 0. The molecule has 4 aromatic heterocycles. The van der Waals surface area contributed by atoms with E-state index in [-0.39, 0.29) is 0 Å². The topological polar surface area (TPSA) is 42.1 Å². The van der Waals surface area contributed by atoms with Crippen molar-refractivity contribution in [3.8, 4) is 11.4 Å². The number of hydrogen-bond acceptors (Lipinski definition) is 4. The maximum absolute atomic E-state index is 5.63. The predicted octanol–water partition coefficient (Wildman–Crippen LogP) is 15.6. The van der Waals surface area contributed by atoms with Gasteiger partial charge < -0.3 is 18.9 Å². The molecule has 0 aliphatic rings. The number of pyridine rings is 2. The number of aromatic nitrogens is 4. The van der Waals surface area contributed by atoms with Crippen LogP contribution in [0.5, 0.6) is 0 Å². The van der Waals surface area contributed by atoms with E-state index in [1.165, 1.54) is 54.1 Å². The molecule has 376 valence electrons. The summed E-state index contributed by atoms with van der Waals surface area (Å²) in [5.74, 6) is 0. The Kier molecular flexibility index (Phi) is 11.9. The van der Waals surface area contributed by atoms with E-state index < -0.39 is 8.07 Å². The second-order valence-electron chi connectivity index (χ2n) is 20.4. The molecule has 0 unspecified atom stereocenters. The standard InChI is InChI=1S/C72H54N6Si/c1-51-31-35-55(36-32-51)75(57-39-43-69-65(47-57)63-27-15-17-29-67(63)77(69)53-19-7-3-8-20-53)59-41-45-71(73-49-59)79(61-23-11-5-12-24-61,62-25-13-6-14-26-62)72-46-42-60(50-74-72)76(56-37-33-52(2)34-38-56)58-40-44-70-66(48-58)64-28-16-18-30-68(64)78(70)54-21-9-4-10-22-54/h3-50H,1-2H3. The summed E-state index contributed by atoms with van der Waals surface area (Å²) in [6.07, 6.45) is 4.14. The van der Waals surface area contributed by atoms with E-state index in [2.05, 4.69) is 324 Å². The van der Waals surface area contributed by atoms with Gasteiger partial charge >= 0.3 is 0 Å². The predicted molar refractivity (Wildman–Crippen MR) is 333 cm³/mol. The summed E-state index contributed by atoms with van der Waals surface area (Å²) in [6.45, 7) is 4.28. The minimum absolute atomic E-state index is 0.962. The van der Waals surface area contributed by atoms with E-state index in [1.54, 1.807) is 0 Å². The van der Waals surface area contributed by atoms with Crippen LogP contribution in [-0.2, 0) is 0 Å². The summed E-state index contributed by atoms with van der Waals surface area (Å²) in [7, 11) is -3.20. The fraction of sp³-hybridized carbons (Fsp3) is 0.0278. The van der Waals surface area contributed by atoms with Crippen molar-refractivity contribution in [2.45, 2.75) is 13.8 Å². The van der Waals surface area contributed by atoms with Crippen LogP contribution in [0.2, 0.25) is 0 Å². The maximum Gasteiger partial charge on any atom is 0.223 e. The lowest BCUT2D eigenvalue weighted by molar-refractivity contribution is 1.18. The van der Waals surface area contributed by atoms with Crippen LogP contribution in [0.1, 0.15) is 11.1 Å². The van der Waals surface area contributed by atoms with Gasteiger partial charge in [-0.15, -0.1) is 0 Å². The van der Waals surface area contributed by atoms with E-state index in [0.717, 1.165) is 67.2 Å². The minimum atomic E-state index is -3.20. The zero-order valence-corrected chi connectivity index (χ0v) is 44.9. The van der Waals surface area contributed by atoms with E-state index in [4.69, 9.17) is 9.97 Å². The first kappa shape index (κ1) is 47.4. The van der Waals surface area contributed by atoms with Crippen LogP contribution < -0.4 is 30.8 Å². The quantitative estimate of drug-likeness (QED) is 0.114.